The number of carbonyl (C=O) groups excluding carboxylic acids is 5. The highest BCUT2D eigenvalue weighted by molar-refractivity contribution is 5.80. The number of rotatable bonds is 12. The van der Waals surface area contributed by atoms with Crippen LogP contribution < -0.4 is 5.32 Å². The summed E-state index contributed by atoms with van der Waals surface area (Å²) in [5.41, 5.74) is 0. The first kappa shape index (κ1) is 31.3. The molecule has 0 aromatic heterocycles. The molecule has 1 aliphatic heterocycles. The molecule has 0 bridgehead atoms. The Hall–Kier alpha value is -3.72. The first-order valence-electron chi connectivity index (χ1n) is 11.0. The summed E-state index contributed by atoms with van der Waals surface area (Å²) in [7, 11) is 0. The van der Waals surface area contributed by atoms with E-state index in [2.05, 4.69) is 11.9 Å². The predicted octanol–water partition coefficient (Wildman–Crippen LogP) is -0.160. The number of hydrogen-bond donors (Lipinski definition) is 2. The van der Waals surface area contributed by atoms with E-state index in [1.807, 2.05) is 0 Å². The molecule has 208 valence electrons. The largest absolute Gasteiger partial charge is 0.480 e. The van der Waals surface area contributed by atoms with Crippen molar-refractivity contribution in [2.24, 2.45) is 0 Å². The maximum absolute atomic E-state index is 11.9. The van der Waals surface area contributed by atoms with Crippen LogP contribution in [0.1, 0.15) is 34.6 Å². The van der Waals surface area contributed by atoms with Crippen LogP contribution in [0.5, 0.6) is 0 Å². The van der Waals surface area contributed by atoms with E-state index in [1.165, 1.54) is 13.0 Å². The van der Waals surface area contributed by atoms with Crippen molar-refractivity contribution >= 4 is 35.9 Å². The molecular weight excluding hydrogens is 502 g/mol. The number of amides is 1. The van der Waals surface area contributed by atoms with E-state index in [0.29, 0.717) is 0 Å². The predicted molar refractivity (Wildman–Crippen MR) is 119 cm³/mol. The molecule has 1 heterocycles. The van der Waals surface area contributed by atoms with Crippen molar-refractivity contribution in [3.8, 4) is 0 Å². The summed E-state index contributed by atoms with van der Waals surface area (Å²) in [5, 5.41) is 11.7. The Kier molecular flexibility index (Phi) is 12.5. The van der Waals surface area contributed by atoms with Crippen LogP contribution >= 0.6 is 0 Å². The van der Waals surface area contributed by atoms with Crippen LogP contribution in [-0.4, -0.2) is 97.1 Å². The lowest BCUT2D eigenvalue weighted by Gasteiger charge is -2.44. The van der Waals surface area contributed by atoms with E-state index in [4.69, 9.17) is 33.2 Å². The minimum absolute atomic E-state index is 0.187. The summed E-state index contributed by atoms with van der Waals surface area (Å²) in [5.74, 6) is -4.76. The molecule has 15 heteroatoms. The Balaban J connectivity index is 3.36. The normalized spacial score (nSPS) is 24.4. The first-order valence-corrected chi connectivity index (χ1v) is 11.0. The Morgan fingerprint density at radius 1 is 0.892 bits per heavy atom. The number of carboxylic acids is 1. The van der Waals surface area contributed by atoms with Gasteiger partial charge in [-0.2, -0.15) is 0 Å². The van der Waals surface area contributed by atoms with Gasteiger partial charge in [-0.3, -0.25) is 19.2 Å². The molecule has 1 rings (SSSR count). The lowest BCUT2D eigenvalue weighted by molar-refractivity contribution is -0.316. The van der Waals surface area contributed by atoms with Gasteiger partial charge in [-0.05, 0) is 6.92 Å². The van der Waals surface area contributed by atoms with Gasteiger partial charge in [0.25, 0.3) is 0 Å². The van der Waals surface area contributed by atoms with Gasteiger partial charge in [-0.25, -0.2) is 9.59 Å². The van der Waals surface area contributed by atoms with E-state index in [9.17, 15) is 33.9 Å². The van der Waals surface area contributed by atoms with Crippen molar-refractivity contribution in [1.82, 2.24) is 5.32 Å². The van der Waals surface area contributed by atoms with Gasteiger partial charge < -0.3 is 43.6 Å². The van der Waals surface area contributed by atoms with E-state index in [0.717, 1.165) is 27.7 Å². The van der Waals surface area contributed by atoms with E-state index >= 15 is 0 Å². The zero-order chi connectivity index (χ0) is 28.3. The van der Waals surface area contributed by atoms with Crippen LogP contribution in [0.2, 0.25) is 0 Å². The third kappa shape index (κ3) is 10.4. The molecule has 2 N–H and O–H groups in total. The Bertz CT molecular complexity index is 873. The van der Waals surface area contributed by atoms with Crippen LogP contribution in [0.3, 0.4) is 0 Å². The second-order valence-electron chi connectivity index (χ2n) is 7.76. The quantitative estimate of drug-likeness (QED) is 0.190. The van der Waals surface area contributed by atoms with Crippen LogP contribution in [0.25, 0.3) is 0 Å². The van der Waals surface area contributed by atoms with Crippen molar-refractivity contribution in [1.29, 1.82) is 0 Å². The lowest BCUT2D eigenvalue weighted by atomic mass is 9.98. The van der Waals surface area contributed by atoms with Gasteiger partial charge >= 0.3 is 35.9 Å². The third-order valence-corrected chi connectivity index (χ3v) is 4.64. The fourth-order valence-electron chi connectivity index (χ4n) is 3.27. The molecule has 0 unspecified atom stereocenters. The Morgan fingerprint density at radius 3 is 1.92 bits per heavy atom. The molecule has 0 saturated carbocycles. The summed E-state index contributed by atoms with van der Waals surface area (Å²) in [6.45, 7) is 8.21. The van der Waals surface area contributed by atoms with Gasteiger partial charge in [-0.15, -0.1) is 0 Å². The van der Waals surface area contributed by atoms with E-state index in [1.54, 1.807) is 0 Å². The zero-order valence-corrected chi connectivity index (χ0v) is 21.0. The molecule has 0 radical (unpaired) electrons. The Labute approximate surface area is 212 Å². The average Bonchev–Trinajstić information content (AvgIpc) is 2.77. The second kappa shape index (κ2) is 14.7. The van der Waals surface area contributed by atoms with Crippen LogP contribution in [-0.2, 0) is 57.1 Å². The second-order valence-corrected chi connectivity index (χ2v) is 7.76. The third-order valence-electron chi connectivity index (χ3n) is 4.64. The molecule has 1 saturated heterocycles. The summed E-state index contributed by atoms with van der Waals surface area (Å²) >= 11 is 0. The molecule has 15 nitrogen and oxygen atoms in total. The van der Waals surface area contributed by atoms with Gasteiger partial charge in [-0.1, -0.05) is 12.7 Å². The summed E-state index contributed by atoms with van der Waals surface area (Å²) < 4.78 is 36.9. The van der Waals surface area contributed by atoms with Crippen molar-refractivity contribution in [3.63, 3.8) is 0 Å². The molecule has 37 heavy (non-hydrogen) atoms. The smallest absolute Gasteiger partial charge is 0.408 e. The van der Waals surface area contributed by atoms with Crippen molar-refractivity contribution in [3.05, 3.63) is 12.7 Å². The highest BCUT2D eigenvalue weighted by Gasteiger charge is 2.53. The molecule has 0 aromatic carbocycles. The van der Waals surface area contributed by atoms with Crippen molar-refractivity contribution in [2.45, 2.75) is 77.5 Å². The van der Waals surface area contributed by atoms with Gasteiger partial charge in [0.2, 0.25) is 0 Å². The molecule has 1 fully saturated rings. The molecule has 7 atom stereocenters. The Morgan fingerprint density at radius 2 is 1.43 bits per heavy atom. The standard InChI is InChI=1S/C22H31NO14/c1-7-8-31-22(30)23-16(20(28)29)10(2)33-21-19(36-14(6)27)18(35-13(5)26)17(34-12(4)25)15(37-21)9-32-11(3)24/h7,10,15-19,21H,1,8-9H2,2-6H3,(H,23,30)(H,28,29)/t10-,15-,16+,17+,18+,19-,21-/m1/s1. The highest BCUT2D eigenvalue weighted by atomic mass is 16.7. The number of carbonyl (C=O) groups is 6. The SMILES string of the molecule is C=CCOC(=O)N[C@H](C(=O)O)[C@@H](C)O[C@@H]1O[C@H](COC(C)=O)[C@H](OC(C)=O)[C@H](OC(C)=O)[C@H]1OC(C)=O. The molecular formula is C22H31NO14. The number of ether oxygens (including phenoxy) is 7. The number of nitrogens with one attached hydrogen (secondary N) is 1. The molecule has 1 amide bonds. The molecule has 0 aliphatic carbocycles. The number of alkyl carbamates (subject to hydrolysis) is 1. The number of hydrogen-bond acceptors (Lipinski definition) is 13. The maximum Gasteiger partial charge on any atom is 0.408 e. The fourth-order valence-corrected chi connectivity index (χ4v) is 3.27. The summed E-state index contributed by atoms with van der Waals surface area (Å²) in [6, 6.07) is -1.68. The average molecular weight is 533 g/mol. The van der Waals surface area contributed by atoms with Gasteiger partial charge in [0.15, 0.2) is 30.6 Å². The first-order chi connectivity index (χ1) is 17.3. The van der Waals surface area contributed by atoms with Gasteiger partial charge in [0.1, 0.15) is 19.3 Å². The van der Waals surface area contributed by atoms with E-state index in [-0.39, 0.29) is 6.61 Å². The topological polar surface area (TPSA) is 199 Å². The van der Waals surface area contributed by atoms with Crippen molar-refractivity contribution in [2.75, 3.05) is 13.2 Å². The highest BCUT2D eigenvalue weighted by Crippen LogP contribution is 2.31. The molecule has 1 aliphatic rings. The summed E-state index contributed by atoms with van der Waals surface area (Å²) in [6.07, 6.45) is -8.58. The van der Waals surface area contributed by atoms with Gasteiger partial charge in [0, 0.05) is 27.7 Å². The minimum atomic E-state index is -1.68. The molecule has 0 spiro atoms. The van der Waals surface area contributed by atoms with Crippen LogP contribution in [0.4, 0.5) is 4.79 Å². The van der Waals surface area contributed by atoms with Crippen molar-refractivity contribution < 1.29 is 67.0 Å². The minimum Gasteiger partial charge on any atom is -0.480 e. The monoisotopic (exact) mass is 533 g/mol. The zero-order valence-electron chi connectivity index (χ0n) is 21.0. The number of aliphatic carboxylic acids is 1. The van der Waals surface area contributed by atoms with Gasteiger partial charge in [0.05, 0.1) is 6.10 Å². The number of carboxylic acid groups (broad SMARTS) is 1. The summed E-state index contributed by atoms with van der Waals surface area (Å²) in [4.78, 5) is 70.6. The maximum atomic E-state index is 11.9. The van der Waals surface area contributed by atoms with E-state index < -0.39 is 85.4 Å². The number of esters is 4. The van der Waals surface area contributed by atoms with Crippen LogP contribution in [0.15, 0.2) is 12.7 Å². The lowest BCUT2D eigenvalue weighted by Crippen LogP contribution is -2.64. The fraction of sp³-hybridized carbons (Fsp3) is 0.636. The van der Waals surface area contributed by atoms with Crippen LogP contribution in [0, 0.1) is 0 Å². The molecule has 0 aromatic rings.